The number of nitrogens with one attached hydrogen (secondary N) is 1. The summed E-state index contributed by atoms with van der Waals surface area (Å²) in [6.07, 6.45) is 0.102. The third-order valence-corrected chi connectivity index (χ3v) is 3.74. The van der Waals surface area contributed by atoms with Crippen LogP contribution in [0.3, 0.4) is 0 Å². The van der Waals surface area contributed by atoms with E-state index >= 15 is 0 Å². The molecule has 0 heterocycles. The number of rotatable bonds is 7. The van der Waals surface area contributed by atoms with E-state index in [1.54, 1.807) is 38.5 Å². The van der Waals surface area contributed by atoms with Gasteiger partial charge in [0.15, 0.2) is 11.5 Å². The molecule has 0 aliphatic heterocycles. The lowest BCUT2D eigenvalue weighted by atomic mass is 10.1. The Balaban J connectivity index is 2.06. The first-order valence-corrected chi connectivity index (χ1v) is 8.24. The van der Waals surface area contributed by atoms with Gasteiger partial charge in [-0.1, -0.05) is 6.07 Å². The Kier molecular flexibility index (Phi) is 6.28. The Morgan fingerprint density at radius 1 is 0.920 bits per heavy atom. The molecule has 1 N–H and O–H groups in total. The molecule has 5 heteroatoms. The van der Waals surface area contributed by atoms with Crippen LogP contribution in [0.4, 0.5) is 0 Å². The highest BCUT2D eigenvalue weighted by molar-refractivity contribution is 5.94. The molecule has 1 atom stereocenters. The molecule has 0 fully saturated rings. The molecule has 0 saturated heterocycles. The molecule has 2 aromatic carbocycles. The van der Waals surface area contributed by atoms with Gasteiger partial charge >= 0.3 is 0 Å². The minimum absolute atomic E-state index is 0.102. The van der Waals surface area contributed by atoms with Gasteiger partial charge in [-0.05, 0) is 62.7 Å². The van der Waals surface area contributed by atoms with Gasteiger partial charge in [0.25, 0.3) is 5.91 Å². The van der Waals surface area contributed by atoms with Crippen LogP contribution in [0.15, 0.2) is 42.5 Å². The van der Waals surface area contributed by atoms with Gasteiger partial charge in [0.05, 0.1) is 26.4 Å². The van der Waals surface area contributed by atoms with Crippen LogP contribution in [-0.4, -0.2) is 26.2 Å². The minimum atomic E-state index is -0.168. The van der Waals surface area contributed by atoms with Crippen molar-refractivity contribution < 1.29 is 19.0 Å². The topological polar surface area (TPSA) is 56.8 Å². The summed E-state index contributed by atoms with van der Waals surface area (Å²) >= 11 is 0. The van der Waals surface area contributed by atoms with Gasteiger partial charge in [0.1, 0.15) is 5.75 Å². The molecule has 0 spiro atoms. The van der Waals surface area contributed by atoms with Gasteiger partial charge in [-0.15, -0.1) is 0 Å². The zero-order valence-electron chi connectivity index (χ0n) is 15.3. The quantitative estimate of drug-likeness (QED) is 0.826. The maximum absolute atomic E-state index is 12.4. The normalized spacial score (nSPS) is 11.8. The van der Waals surface area contributed by atoms with Gasteiger partial charge < -0.3 is 19.5 Å². The summed E-state index contributed by atoms with van der Waals surface area (Å²) in [5.41, 5.74) is 1.52. The van der Waals surface area contributed by atoms with E-state index in [1.807, 2.05) is 39.0 Å². The number of carbonyl (C=O) groups excluding carboxylic acids is 1. The second-order valence-corrected chi connectivity index (χ2v) is 6.00. The van der Waals surface area contributed by atoms with Gasteiger partial charge in [-0.3, -0.25) is 4.79 Å². The maximum Gasteiger partial charge on any atom is 0.251 e. The number of hydrogen-bond donors (Lipinski definition) is 1. The Bertz CT molecular complexity index is 710. The van der Waals surface area contributed by atoms with E-state index in [1.165, 1.54) is 0 Å². The first kappa shape index (κ1) is 18.6. The molecule has 5 nitrogen and oxygen atoms in total. The number of methoxy groups -OCH3 is 2. The predicted molar refractivity (Wildman–Crippen MR) is 97.6 cm³/mol. The fourth-order valence-electron chi connectivity index (χ4n) is 2.44. The lowest BCUT2D eigenvalue weighted by Gasteiger charge is -2.17. The molecule has 0 aliphatic rings. The number of ether oxygens (including phenoxy) is 3. The molecule has 0 aromatic heterocycles. The SMILES string of the molecule is COc1ccc(C(C)NC(=O)c2ccc(OC(C)C)cc2)cc1OC. The molecule has 25 heavy (non-hydrogen) atoms. The van der Waals surface area contributed by atoms with Crippen LogP contribution in [0.5, 0.6) is 17.2 Å². The summed E-state index contributed by atoms with van der Waals surface area (Å²) in [6, 6.07) is 12.6. The van der Waals surface area contributed by atoms with Crippen LogP contribution in [0, 0.1) is 0 Å². The summed E-state index contributed by atoms with van der Waals surface area (Å²) < 4.78 is 16.1. The van der Waals surface area contributed by atoms with Crippen molar-refractivity contribution in [2.24, 2.45) is 0 Å². The van der Waals surface area contributed by atoms with Crippen LogP contribution in [0.2, 0.25) is 0 Å². The van der Waals surface area contributed by atoms with E-state index in [0.717, 1.165) is 11.3 Å². The minimum Gasteiger partial charge on any atom is -0.493 e. The maximum atomic E-state index is 12.4. The van der Waals surface area contributed by atoms with Crippen molar-refractivity contribution in [2.75, 3.05) is 14.2 Å². The van der Waals surface area contributed by atoms with Crippen LogP contribution < -0.4 is 19.5 Å². The molecular weight excluding hydrogens is 318 g/mol. The van der Waals surface area contributed by atoms with E-state index in [9.17, 15) is 4.79 Å². The van der Waals surface area contributed by atoms with Gasteiger partial charge in [-0.2, -0.15) is 0 Å². The highest BCUT2D eigenvalue weighted by Crippen LogP contribution is 2.30. The Morgan fingerprint density at radius 2 is 1.56 bits per heavy atom. The molecule has 1 unspecified atom stereocenters. The van der Waals surface area contributed by atoms with Gasteiger partial charge in [-0.25, -0.2) is 0 Å². The Morgan fingerprint density at radius 3 is 2.12 bits per heavy atom. The first-order chi connectivity index (χ1) is 11.9. The average Bonchev–Trinajstić information content (AvgIpc) is 2.61. The summed E-state index contributed by atoms with van der Waals surface area (Å²) in [6.45, 7) is 5.85. The molecule has 0 saturated carbocycles. The Labute approximate surface area is 148 Å². The number of amides is 1. The molecule has 0 aliphatic carbocycles. The predicted octanol–water partition coefficient (Wildman–Crippen LogP) is 3.98. The second kappa shape index (κ2) is 8.42. The average molecular weight is 343 g/mol. The third kappa shape index (κ3) is 4.89. The fraction of sp³-hybridized carbons (Fsp3) is 0.350. The van der Waals surface area contributed by atoms with E-state index in [0.29, 0.717) is 17.1 Å². The standard InChI is InChI=1S/C20H25NO4/c1-13(2)25-17-9-6-15(7-10-17)20(22)21-14(3)16-8-11-18(23-4)19(12-16)24-5/h6-14H,1-5H3,(H,21,22). The molecule has 0 radical (unpaired) electrons. The smallest absolute Gasteiger partial charge is 0.251 e. The van der Waals surface area contributed by atoms with E-state index in [-0.39, 0.29) is 18.1 Å². The summed E-state index contributed by atoms with van der Waals surface area (Å²) in [5, 5.41) is 2.99. The third-order valence-electron chi connectivity index (χ3n) is 3.74. The zero-order valence-corrected chi connectivity index (χ0v) is 15.3. The number of hydrogen-bond acceptors (Lipinski definition) is 4. The van der Waals surface area contributed by atoms with Crippen molar-refractivity contribution >= 4 is 5.91 Å². The van der Waals surface area contributed by atoms with Crippen LogP contribution in [0.25, 0.3) is 0 Å². The number of benzene rings is 2. The largest absolute Gasteiger partial charge is 0.493 e. The molecular formula is C20H25NO4. The lowest BCUT2D eigenvalue weighted by molar-refractivity contribution is 0.0940. The van der Waals surface area contributed by atoms with E-state index in [4.69, 9.17) is 14.2 Å². The van der Waals surface area contributed by atoms with Crippen molar-refractivity contribution in [1.82, 2.24) is 5.32 Å². The van der Waals surface area contributed by atoms with Gasteiger partial charge in [0.2, 0.25) is 0 Å². The van der Waals surface area contributed by atoms with E-state index in [2.05, 4.69) is 5.32 Å². The van der Waals surface area contributed by atoms with E-state index < -0.39 is 0 Å². The lowest BCUT2D eigenvalue weighted by Crippen LogP contribution is -2.26. The summed E-state index contributed by atoms with van der Waals surface area (Å²) in [4.78, 5) is 12.4. The number of carbonyl (C=O) groups is 1. The van der Waals surface area contributed by atoms with Crippen molar-refractivity contribution in [3.05, 3.63) is 53.6 Å². The molecule has 0 bridgehead atoms. The molecule has 2 rings (SSSR count). The summed E-state index contributed by atoms with van der Waals surface area (Å²) in [7, 11) is 3.18. The molecule has 2 aromatic rings. The van der Waals surface area contributed by atoms with Crippen LogP contribution in [0.1, 0.15) is 42.7 Å². The second-order valence-electron chi connectivity index (χ2n) is 6.00. The van der Waals surface area contributed by atoms with Crippen LogP contribution in [-0.2, 0) is 0 Å². The summed E-state index contributed by atoms with van der Waals surface area (Å²) in [5.74, 6) is 1.90. The molecule has 1 amide bonds. The highest BCUT2D eigenvalue weighted by atomic mass is 16.5. The molecule has 134 valence electrons. The monoisotopic (exact) mass is 343 g/mol. The fourth-order valence-corrected chi connectivity index (χ4v) is 2.44. The highest BCUT2D eigenvalue weighted by Gasteiger charge is 2.14. The van der Waals surface area contributed by atoms with Crippen LogP contribution >= 0.6 is 0 Å². The van der Waals surface area contributed by atoms with Crippen molar-refractivity contribution in [1.29, 1.82) is 0 Å². The zero-order chi connectivity index (χ0) is 18.4. The van der Waals surface area contributed by atoms with Gasteiger partial charge in [0, 0.05) is 5.56 Å². The first-order valence-electron chi connectivity index (χ1n) is 8.24. The Hall–Kier alpha value is -2.69. The van der Waals surface area contributed by atoms with Crippen molar-refractivity contribution in [2.45, 2.75) is 32.9 Å². The van der Waals surface area contributed by atoms with Crippen molar-refractivity contribution in [3.63, 3.8) is 0 Å². The van der Waals surface area contributed by atoms with Crippen molar-refractivity contribution in [3.8, 4) is 17.2 Å².